The number of carbonyl (C=O) groups is 1. The molecule has 2 aromatic carbocycles. The molecular formula is C24H33FN4O. The molecule has 6 heteroatoms. The van der Waals surface area contributed by atoms with Crippen molar-refractivity contribution in [2.24, 2.45) is 0 Å². The first-order valence-electron chi connectivity index (χ1n) is 10.6. The summed E-state index contributed by atoms with van der Waals surface area (Å²) in [6.45, 7) is 11.0. The van der Waals surface area contributed by atoms with Crippen molar-refractivity contribution in [1.29, 1.82) is 0 Å². The number of piperazine rings is 1. The lowest BCUT2D eigenvalue weighted by molar-refractivity contribution is -0.117. The molecule has 0 unspecified atom stereocenters. The van der Waals surface area contributed by atoms with Gasteiger partial charge >= 0.3 is 0 Å². The second kappa shape index (κ2) is 10.7. The van der Waals surface area contributed by atoms with Gasteiger partial charge in [0.15, 0.2) is 0 Å². The number of amides is 1. The highest BCUT2D eigenvalue weighted by atomic mass is 19.1. The second-order valence-corrected chi connectivity index (χ2v) is 8.30. The summed E-state index contributed by atoms with van der Waals surface area (Å²) >= 11 is 0. The molecule has 1 aliphatic rings. The molecule has 1 amide bonds. The number of rotatable bonds is 8. The van der Waals surface area contributed by atoms with E-state index in [-0.39, 0.29) is 11.7 Å². The zero-order valence-electron chi connectivity index (χ0n) is 18.3. The molecule has 0 aromatic heterocycles. The van der Waals surface area contributed by atoms with Gasteiger partial charge in [0.25, 0.3) is 0 Å². The maximum absolute atomic E-state index is 13.0. The van der Waals surface area contributed by atoms with Crippen molar-refractivity contribution in [3.8, 4) is 0 Å². The van der Waals surface area contributed by atoms with Crippen LogP contribution in [0.4, 0.5) is 10.1 Å². The Balaban J connectivity index is 1.36. The molecule has 1 saturated heterocycles. The lowest BCUT2D eigenvalue weighted by atomic mass is 10.1. The Hall–Kier alpha value is -2.28. The number of carbonyl (C=O) groups excluding carboxylic acids is 1. The van der Waals surface area contributed by atoms with Crippen LogP contribution in [0.1, 0.15) is 16.7 Å². The lowest BCUT2D eigenvalue weighted by Crippen LogP contribution is -2.50. The zero-order valence-corrected chi connectivity index (χ0v) is 18.3. The Kier molecular flexibility index (Phi) is 7.96. The van der Waals surface area contributed by atoms with Gasteiger partial charge in [0.05, 0.1) is 6.54 Å². The molecule has 1 aliphatic heterocycles. The minimum Gasteiger partial charge on any atom is -0.324 e. The van der Waals surface area contributed by atoms with Crippen molar-refractivity contribution in [2.45, 2.75) is 20.4 Å². The third-order valence-electron chi connectivity index (χ3n) is 5.74. The Morgan fingerprint density at radius 1 is 1.00 bits per heavy atom. The number of para-hydroxylation sites is 1. The van der Waals surface area contributed by atoms with Crippen LogP contribution in [0, 0.1) is 19.7 Å². The molecule has 3 rings (SSSR count). The van der Waals surface area contributed by atoms with Crippen LogP contribution >= 0.6 is 0 Å². The van der Waals surface area contributed by atoms with Gasteiger partial charge < -0.3 is 10.2 Å². The van der Waals surface area contributed by atoms with E-state index in [2.05, 4.69) is 27.1 Å². The van der Waals surface area contributed by atoms with Crippen molar-refractivity contribution in [3.63, 3.8) is 0 Å². The largest absolute Gasteiger partial charge is 0.324 e. The highest BCUT2D eigenvalue weighted by Gasteiger charge is 2.19. The summed E-state index contributed by atoms with van der Waals surface area (Å²) < 4.78 is 13.0. The van der Waals surface area contributed by atoms with Gasteiger partial charge in [-0.15, -0.1) is 0 Å². The maximum atomic E-state index is 13.0. The minimum absolute atomic E-state index is 0.0554. The number of halogens is 1. The number of anilines is 1. The molecule has 0 saturated carbocycles. The quantitative estimate of drug-likeness (QED) is 0.723. The van der Waals surface area contributed by atoms with Gasteiger partial charge in [0.1, 0.15) is 5.82 Å². The van der Waals surface area contributed by atoms with E-state index >= 15 is 0 Å². The van der Waals surface area contributed by atoms with Gasteiger partial charge in [-0.25, -0.2) is 4.39 Å². The van der Waals surface area contributed by atoms with Crippen LogP contribution in [0.15, 0.2) is 42.5 Å². The zero-order chi connectivity index (χ0) is 21.5. The van der Waals surface area contributed by atoms with Gasteiger partial charge in [-0.2, -0.15) is 0 Å². The van der Waals surface area contributed by atoms with Crippen molar-refractivity contribution in [2.75, 3.05) is 58.2 Å². The summed E-state index contributed by atoms with van der Waals surface area (Å²) in [6.07, 6.45) is 0. The molecule has 0 spiro atoms. The van der Waals surface area contributed by atoms with Gasteiger partial charge in [-0.05, 0) is 49.7 Å². The van der Waals surface area contributed by atoms with Crippen LogP contribution in [0.2, 0.25) is 0 Å². The molecule has 0 atom stereocenters. The molecule has 1 fully saturated rings. The molecule has 5 nitrogen and oxygen atoms in total. The van der Waals surface area contributed by atoms with Gasteiger partial charge in [-0.1, -0.05) is 30.3 Å². The van der Waals surface area contributed by atoms with E-state index in [1.807, 2.05) is 44.2 Å². The van der Waals surface area contributed by atoms with Crippen LogP contribution in [0.3, 0.4) is 0 Å². The summed E-state index contributed by atoms with van der Waals surface area (Å²) in [5, 5.41) is 3.08. The summed E-state index contributed by atoms with van der Waals surface area (Å²) in [4.78, 5) is 19.4. The fourth-order valence-electron chi connectivity index (χ4n) is 3.86. The summed E-state index contributed by atoms with van der Waals surface area (Å²) in [5.41, 5.74) is 4.25. The number of aryl methyl sites for hydroxylation is 2. The fourth-order valence-corrected chi connectivity index (χ4v) is 3.86. The lowest BCUT2D eigenvalue weighted by Gasteiger charge is -2.35. The molecule has 1 N–H and O–H groups in total. The number of hydrogen-bond donors (Lipinski definition) is 1. The number of likely N-dealkylation sites (N-methyl/N-ethyl adjacent to an activating group) is 1. The van der Waals surface area contributed by atoms with E-state index < -0.39 is 0 Å². The average molecular weight is 413 g/mol. The standard InChI is InChI=1S/C24H33FN4O/c1-19-5-4-6-20(2)24(19)26-23(30)18-29-15-13-28(14-16-29)12-11-27(3)17-21-7-9-22(25)10-8-21/h4-10H,11-18H2,1-3H3,(H,26,30). The first-order valence-corrected chi connectivity index (χ1v) is 10.6. The molecule has 0 aliphatic carbocycles. The summed E-state index contributed by atoms with van der Waals surface area (Å²) in [7, 11) is 2.09. The molecule has 0 bridgehead atoms. The molecule has 30 heavy (non-hydrogen) atoms. The van der Waals surface area contributed by atoms with Crippen LogP contribution in [-0.2, 0) is 11.3 Å². The molecule has 1 heterocycles. The van der Waals surface area contributed by atoms with Gasteiger partial charge in [0.2, 0.25) is 5.91 Å². The van der Waals surface area contributed by atoms with Crippen molar-refractivity contribution < 1.29 is 9.18 Å². The van der Waals surface area contributed by atoms with E-state index in [4.69, 9.17) is 0 Å². The average Bonchev–Trinajstić information content (AvgIpc) is 2.72. The summed E-state index contributed by atoms with van der Waals surface area (Å²) in [6, 6.07) is 12.8. The predicted molar refractivity (Wildman–Crippen MR) is 120 cm³/mol. The normalized spacial score (nSPS) is 15.5. The Morgan fingerprint density at radius 2 is 1.60 bits per heavy atom. The Bertz CT molecular complexity index is 811. The maximum Gasteiger partial charge on any atom is 0.238 e. The van der Waals surface area contributed by atoms with E-state index in [1.54, 1.807) is 0 Å². The van der Waals surface area contributed by atoms with Crippen LogP contribution in [0.5, 0.6) is 0 Å². The monoisotopic (exact) mass is 412 g/mol. The van der Waals surface area contributed by atoms with E-state index in [1.165, 1.54) is 12.1 Å². The molecule has 0 radical (unpaired) electrons. The van der Waals surface area contributed by atoms with Crippen LogP contribution in [0.25, 0.3) is 0 Å². The van der Waals surface area contributed by atoms with E-state index in [0.717, 1.165) is 68.2 Å². The third-order valence-corrected chi connectivity index (χ3v) is 5.74. The fraction of sp³-hybridized carbons (Fsp3) is 0.458. The van der Waals surface area contributed by atoms with Crippen molar-refractivity contribution >= 4 is 11.6 Å². The SMILES string of the molecule is Cc1cccc(C)c1NC(=O)CN1CCN(CCN(C)Cc2ccc(F)cc2)CC1. The van der Waals surface area contributed by atoms with Gasteiger partial charge in [0, 0.05) is 51.5 Å². The van der Waals surface area contributed by atoms with Gasteiger partial charge in [-0.3, -0.25) is 14.6 Å². The number of benzene rings is 2. The van der Waals surface area contributed by atoms with Crippen molar-refractivity contribution in [1.82, 2.24) is 14.7 Å². The Labute approximate surface area is 179 Å². The third kappa shape index (κ3) is 6.62. The number of nitrogens with one attached hydrogen (secondary N) is 1. The first kappa shape index (κ1) is 22.4. The summed E-state index contributed by atoms with van der Waals surface area (Å²) in [5.74, 6) is -0.137. The van der Waals surface area contributed by atoms with Crippen LogP contribution < -0.4 is 5.32 Å². The molecular weight excluding hydrogens is 379 g/mol. The smallest absolute Gasteiger partial charge is 0.238 e. The first-order chi connectivity index (χ1) is 14.4. The Morgan fingerprint density at radius 3 is 2.23 bits per heavy atom. The topological polar surface area (TPSA) is 38.8 Å². The highest BCUT2D eigenvalue weighted by molar-refractivity contribution is 5.93. The molecule has 2 aromatic rings. The number of nitrogens with zero attached hydrogens (tertiary/aromatic N) is 3. The van der Waals surface area contributed by atoms with Crippen LogP contribution in [-0.4, -0.2) is 73.5 Å². The van der Waals surface area contributed by atoms with Crippen molar-refractivity contribution in [3.05, 3.63) is 65.0 Å². The molecule has 162 valence electrons. The minimum atomic E-state index is -0.193. The second-order valence-electron chi connectivity index (χ2n) is 8.30. The predicted octanol–water partition coefficient (Wildman–Crippen LogP) is 3.13. The van der Waals surface area contributed by atoms with E-state index in [9.17, 15) is 9.18 Å². The van der Waals surface area contributed by atoms with E-state index in [0.29, 0.717) is 6.54 Å². The number of hydrogen-bond acceptors (Lipinski definition) is 4. The highest BCUT2D eigenvalue weighted by Crippen LogP contribution is 2.19.